The van der Waals surface area contributed by atoms with E-state index in [1.165, 1.54) is 13.0 Å². The smallest absolute Gasteiger partial charge is 0.239 e. The Hall–Kier alpha value is -3.71. The van der Waals surface area contributed by atoms with Crippen molar-refractivity contribution in [3.8, 4) is 40.1 Å². The molecule has 2 saturated heterocycles. The van der Waals surface area contributed by atoms with Gasteiger partial charge in [-0.2, -0.15) is 0 Å². The van der Waals surface area contributed by atoms with E-state index in [9.17, 15) is 61.0 Å². The van der Waals surface area contributed by atoms with Crippen LogP contribution in [0.25, 0.3) is 22.3 Å². The molecule has 0 aliphatic carbocycles. The van der Waals surface area contributed by atoms with E-state index in [1.54, 1.807) is 0 Å². The molecule has 43 heavy (non-hydrogen) atoms. The molecule has 0 saturated carbocycles. The van der Waals surface area contributed by atoms with E-state index < -0.39 is 113 Å². The predicted octanol–water partition coefficient (Wildman–Crippen LogP) is -2.30. The number of phenols is 4. The molecule has 0 unspecified atom stereocenters. The highest BCUT2D eigenvalue weighted by molar-refractivity contribution is 5.88. The normalized spacial score (nSPS) is 34.7. The van der Waals surface area contributed by atoms with Crippen molar-refractivity contribution >= 4 is 11.0 Å². The van der Waals surface area contributed by atoms with Gasteiger partial charge in [0.05, 0.1) is 12.7 Å². The van der Waals surface area contributed by atoms with Gasteiger partial charge in [0, 0.05) is 17.7 Å². The zero-order valence-corrected chi connectivity index (χ0v) is 22.3. The third-order valence-electron chi connectivity index (χ3n) is 7.72. The lowest BCUT2D eigenvalue weighted by molar-refractivity contribution is -0.370. The average Bonchev–Trinajstić information content (AvgIpc) is 2.96. The molecule has 16 heteroatoms. The van der Waals surface area contributed by atoms with Gasteiger partial charge in [-0.05, 0) is 25.1 Å². The summed E-state index contributed by atoms with van der Waals surface area (Å²) in [6.07, 6.45) is -17.3. The Kier molecular flexibility index (Phi) is 7.93. The summed E-state index contributed by atoms with van der Waals surface area (Å²) >= 11 is 0. The quantitative estimate of drug-likeness (QED) is 0.135. The van der Waals surface area contributed by atoms with Crippen molar-refractivity contribution in [2.75, 3.05) is 6.61 Å². The fourth-order valence-electron chi connectivity index (χ4n) is 5.31. The Morgan fingerprint density at radius 3 is 2.21 bits per heavy atom. The van der Waals surface area contributed by atoms with Crippen LogP contribution >= 0.6 is 0 Å². The first-order chi connectivity index (χ1) is 20.2. The van der Waals surface area contributed by atoms with E-state index in [-0.39, 0.29) is 11.1 Å². The number of benzene rings is 2. The second-order valence-corrected chi connectivity index (χ2v) is 10.5. The molecule has 3 heterocycles. The van der Waals surface area contributed by atoms with Gasteiger partial charge in [0.2, 0.25) is 17.5 Å². The summed E-state index contributed by atoms with van der Waals surface area (Å²) in [6.45, 7) is 0.339. The standard InChI is InChI=1S/C27H30O16/c1-8-17(33)20(36)21(37)25(40-8)27(39)24(38)18(34)15(7-28)42-26(27)43-23-19(35)16-13(32)5-10(29)6-14(16)41-22(23)9-2-3-11(30)12(31)4-9/h2-6,8,15,17-18,20-21,24-26,28-34,36-39H,7H2,1H3/t8-,15-,17-,18+,20+,21+,24+,25+,26+,27+/m1/s1. The van der Waals surface area contributed by atoms with Gasteiger partial charge in [-0.1, -0.05) is 0 Å². The largest absolute Gasteiger partial charge is 0.508 e. The predicted molar refractivity (Wildman–Crippen MR) is 140 cm³/mol. The number of ether oxygens (including phenoxy) is 3. The lowest BCUT2D eigenvalue weighted by Crippen LogP contribution is -2.77. The molecule has 11 N–H and O–H groups in total. The summed E-state index contributed by atoms with van der Waals surface area (Å²) in [6, 6.07) is 5.00. The number of hydrogen-bond acceptors (Lipinski definition) is 16. The van der Waals surface area contributed by atoms with Gasteiger partial charge in [0.25, 0.3) is 0 Å². The van der Waals surface area contributed by atoms with Crippen LogP contribution in [-0.4, -0.2) is 124 Å². The molecule has 2 aromatic carbocycles. The second kappa shape index (κ2) is 11.1. The Morgan fingerprint density at radius 2 is 1.56 bits per heavy atom. The van der Waals surface area contributed by atoms with Crippen LogP contribution in [0.5, 0.6) is 28.7 Å². The van der Waals surface area contributed by atoms with Crippen molar-refractivity contribution in [1.82, 2.24) is 0 Å². The number of aromatic hydroxyl groups is 4. The monoisotopic (exact) mass is 610 g/mol. The van der Waals surface area contributed by atoms with Crippen molar-refractivity contribution < 1.29 is 74.8 Å². The minimum absolute atomic E-state index is 0.119. The van der Waals surface area contributed by atoms with E-state index in [2.05, 4.69) is 0 Å². The van der Waals surface area contributed by atoms with Gasteiger partial charge in [0.15, 0.2) is 22.9 Å². The van der Waals surface area contributed by atoms with Gasteiger partial charge in [-0.25, -0.2) is 0 Å². The van der Waals surface area contributed by atoms with Crippen molar-refractivity contribution in [2.24, 2.45) is 0 Å². The lowest BCUT2D eigenvalue weighted by atomic mass is 9.77. The van der Waals surface area contributed by atoms with Crippen LogP contribution in [0.2, 0.25) is 0 Å². The highest BCUT2D eigenvalue weighted by Gasteiger charge is 2.65. The second-order valence-electron chi connectivity index (χ2n) is 10.5. The average molecular weight is 611 g/mol. The van der Waals surface area contributed by atoms with Crippen molar-refractivity contribution in [1.29, 1.82) is 0 Å². The summed E-state index contributed by atoms with van der Waals surface area (Å²) in [5.41, 5.74) is -4.65. The van der Waals surface area contributed by atoms with Crippen LogP contribution in [-0.2, 0) is 9.47 Å². The van der Waals surface area contributed by atoms with E-state index in [0.717, 1.165) is 24.3 Å². The van der Waals surface area contributed by atoms with Crippen LogP contribution in [0, 0.1) is 0 Å². The fraction of sp³-hybridized carbons (Fsp3) is 0.444. The first-order valence-corrected chi connectivity index (χ1v) is 13.0. The lowest BCUT2D eigenvalue weighted by Gasteiger charge is -2.53. The zero-order chi connectivity index (χ0) is 31.5. The number of aliphatic hydroxyl groups is 7. The molecule has 3 aromatic rings. The van der Waals surface area contributed by atoms with Gasteiger partial charge in [0.1, 0.15) is 65.2 Å². The maximum absolute atomic E-state index is 13.8. The van der Waals surface area contributed by atoms with Crippen LogP contribution in [0.15, 0.2) is 39.5 Å². The molecule has 0 spiro atoms. The van der Waals surface area contributed by atoms with Crippen molar-refractivity contribution in [3.63, 3.8) is 0 Å². The van der Waals surface area contributed by atoms with E-state index in [4.69, 9.17) is 18.6 Å². The Bertz CT molecular complexity index is 1570. The van der Waals surface area contributed by atoms with E-state index in [1.807, 2.05) is 0 Å². The number of aliphatic hydroxyl groups excluding tert-OH is 6. The Morgan fingerprint density at radius 1 is 0.860 bits per heavy atom. The third kappa shape index (κ3) is 4.92. The summed E-state index contributed by atoms with van der Waals surface area (Å²) in [7, 11) is 0. The first-order valence-electron chi connectivity index (χ1n) is 13.0. The molecule has 0 radical (unpaired) electrons. The van der Waals surface area contributed by atoms with E-state index >= 15 is 0 Å². The molecule has 2 aliphatic heterocycles. The summed E-state index contributed by atoms with van der Waals surface area (Å²) < 4.78 is 22.6. The van der Waals surface area contributed by atoms with Gasteiger partial charge in [-0.3, -0.25) is 4.79 Å². The molecule has 0 amide bonds. The third-order valence-corrected chi connectivity index (χ3v) is 7.72. The first kappa shape index (κ1) is 30.7. The molecule has 234 valence electrons. The Balaban J connectivity index is 1.72. The van der Waals surface area contributed by atoms with Crippen LogP contribution < -0.4 is 10.2 Å². The van der Waals surface area contributed by atoms with Crippen molar-refractivity contribution in [3.05, 3.63) is 40.6 Å². The number of fused-ring (bicyclic) bond motifs is 1. The van der Waals surface area contributed by atoms with Crippen LogP contribution in [0.3, 0.4) is 0 Å². The van der Waals surface area contributed by atoms with E-state index in [0.29, 0.717) is 0 Å². The van der Waals surface area contributed by atoms with Gasteiger partial charge in [-0.15, -0.1) is 0 Å². The molecule has 16 nitrogen and oxygen atoms in total. The molecular formula is C27H30O16. The van der Waals surface area contributed by atoms with Crippen molar-refractivity contribution in [2.45, 2.75) is 67.6 Å². The number of phenolic OH excluding ortho intramolecular Hbond substituents is 4. The molecule has 5 rings (SSSR count). The van der Waals surface area contributed by atoms with Crippen LogP contribution in [0.1, 0.15) is 6.92 Å². The SMILES string of the molecule is C[C@H]1O[C@H]([C@]2(O)[C@H](Oc3c(-c4ccc(O)c(O)c4)oc4cc(O)cc(O)c4c3=O)O[C@H](CO)[C@H](O)[C@@H]2O)[C@@H](O)[C@@H](O)[C@@H]1O. The molecule has 2 aliphatic rings. The topological polar surface area (TPSA) is 280 Å². The highest BCUT2D eigenvalue weighted by atomic mass is 16.7. The summed E-state index contributed by atoms with van der Waals surface area (Å²) in [5.74, 6) is -3.81. The summed E-state index contributed by atoms with van der Waals surface area (Å²) in [4.78, 5) is 13.8. The molecule has 2 fully saturated rings. The number of rotatable bonds is 5. The maximum Gasteiger partial charge on any atom is 0.239 e. The van der Waals surface area contributed by atoms with Crippen LogP contribution in [0.4, 0.5) is 0 Å². The Labute approximate surface area is 241 Å². The zero-order valence-electron chi connectivity index (χ0n) is 22.3. The maximum atomic E-state index is 13.8. The molecule has 0 bridgehead atoms. The highest BCUT2D eigenvalue weighted by Crippen LogP contribution is 2.43. The number of hydrogen-bond donors (Lipinski definition) is 11. The molecule has 1 aromatic heterocycles. The van der Waals surface area contributed by atoms with Gasteiger partial charge >= 0.3 is 0 Å². The molecular weight excluding hydrogens is 580 g/mol. The minimum atomic E-state index is -3.04. The molecule has 10 atom stereocenters. The van der Waals surface area contributed by atoms with Gasteiger partial charge < -0.3 is 74.8 Å². The summed E-state index contributed by atoms with van der Waals surface area (Å²) in [5, 5.41) is 114. The minimum Gasteiger partial charge on any atom is -0.508 e. The fourth-order valence-corrected chi connectivity index (χ4v) is 5.31.